The monoisotopic (exact) mass is 380 g/mol. The molecule has 1 fully saturated rings. The summed E-state index contributed by atoms with van der Waals surface area (Å²) >= 11 is 0. The molecule has 6 heteroatoms. The molecule has 0 spiro atoms. The molecule has 2 aromatic carbocycles. The minimum Gasteiger partial charge on any atom is -0.339 e. The van der Waals surface area contributed by atoms with E-state index in [1.54, 1.807) is 6.07 Å². The molecule has 148 valence electrons. The van der Waals surface area contributed by atoms with Crippen molar-refractivity contribution in [3.8, 4) is 0 Å². The van der Waals surface area contributed by atoms with Gasteiger partial charge < -0.3 is 20.9 Å². The Labute approximate surface area is 166 Å². The van der Waals surface area contributed by atoms with Gasteiger partial charge in [0.15, 0.2) is 0 Å². The number of nitrogens with one attached hydrogen (secondary N) is 3. The van der Waals surface area contributed by atoms with Crippen molar-refractivity contribution in [1.82, 2.24) is 10.2 Å². The van der Waals surface area contributed by atoms with Gasteiger partial charge in [0.1, 0.15) is 0 Å². The van der Waals surface area contributed by atoms with Gasteiger partial charge in [-0.2, -0.15) is 0 Å². The van der Waals surface area contributed by atoms with Gasteiger partial charge in [-0.3, -0.25) is 4.79 Å². The number of nitrogens with zero attached hydrogens (tertiary/aromatic N) is 1. The van der Waals surface area contributed by atoms with E-state index in [1.807, 2.05) is 61.3 Å². The lowest BCUT2D eigenvalue weighted by Gasteiger charge is -2.32. The molecule has 0 bridgehead atoms. The third-order valence-corrected chi connectivity index (χ3v) is 5.16. The van der Waals surface area contributed by atoms with Crippen LogP contribution in [0, 0.1) is 12.8 Å². The zero-order chi connectivity index (χ0) is 19.9. The van der Waals surface area contributed by atoms with Crippen LogP contribution in [0.4, 0.5) is 16.2 Å². The van der Waals surface area contributed by atoms with Gasteiger partial charge in [-0.05, 0) is 69.1 Å². The molecule has 6 nitrogen and oxygen atoms in total. The first kappa shape index (κ1) is 19.9. The van der Waals surface area contributed by atoms with E-state index in [-0.39, 0.29) is 11.9 Å². The molecule has 1 aliphatic heterocycles. The maximum atomic E-state index is 12.9. The fourth-order valence-electron chi connectivity index (χ4n) is 3.51. The van der Waals surface area contributed by atoms with E-state index in [0.29, 0.717) is 22.9 Å². The van der Waals surface area contributed by atoms with Gasteiger partial charge in [0, 0.05) is 30.0 Å². The summed E-state index contributed by atoms with van der Waals surface area (Å²) in [6.45, 7) is 4.46. The maximum Gasteiger partial charge on any atom is 0.323 e. The van der Waals surface area contributed by atoms with E-state index >= 15 is 0 Å². The molecule has 3 rings (SSSR count). The Morgan fingerprint density at radius 3 is 2.43 bits per heavy atom. The average molecular weight is 380 g/mol. The number of benzene rings is 2. The van der Waals surface area contributed by atoms with E-state index in [1.165, 1.54) is 0 Å². The van der Waals surface area contributed by atoms with Crippen molar-refractivity contribution in [1.29, 1.82) is 0 Å². The highest BCUT2D eigenvalue weighted by molar-refractivity contribution is 6.02. The number of rotatable bonds is 5. The van der Waals surface area contributed by atoms with Crippen LogP contribution in [0.3, 0.4) is 0 Å². The number of hydrogen-bond donors (Lipinski definition) is 3. The van der Waals surface area contributed by atoms with Gasteiger partial charge >= 0.3 is 6.03 Å². The van der Waals surface area contributed by atoms with Gasteiger partial charge in [-0.1, -0.05) is 24.3 Å². The van der Waals surface area contributed by atoms with Gasteiger partial charge in [-0.15, -0.1) is 0 Å². The van der Waals surface area contributed by atoms with Crippen LogP contribution in [0.2, 0.25) is 0 Å². The highest BCUT2D eigenvalue weighted by Gasteiger charge is 2.23. The Morgan fingerprint density at radius 1 is 1.04 bits per heavy atom. The number of likely N-dealkylation sites (tertiary alicyclic amines) is 1. The third kappa shape index (κ3) is 5.10. The van der Waals surface area contributed by atoms with Gasteiger partial charge in [0.25, 0.3) is 5.91 Å². The van der Waals surface area contributed by atoms with Crippen molar-refractivity contribution in [3.63, 3.8) is 0 Å². The van der Waals surface area contributed by atoms with Crippen molar-refractivity contribution in [3.05, 3.63) is 59.7 Å². The van der Waals surface area contributed by atoms with Crippen LogP contribution in [0.25, 0.3) is 0 Å². The Bertz CT molecular complexity index is 815. The van der Waals surface area contributed by atoms with Crippen LogP contribution < -0.4 is 16.0 Å². The molecule has 28 heavy (non-hydrogen) atoms. The molecule has 0 saturated carbocycles. The number of para-hydroxylation sites is 1. The van der Waals surface area contributed by atoms with E-state index in [2.05, 4.69) is 16.0 Å². The summed E-state index contributed by atoms with van der Waals surface area (Å²) in [6, 6.07) is 14.4. The van der Waals surface area contributed by atoms with Crippen molar-refractivity contribution >= 4 is 23.3 Å². The first-order valence-electron chi connectivity index (χ1n) is 9.74. The van der Waals surface area contributed by atoms with Crippen LogP contribution in [-0.4, -0.2) is 43.5 Å². The quantitative estimate of drug-likeness (QED) is 0.740. The third-order valence-electron chi connectivity index (χ3n) is 5.16. The minimum atomic E-state index is -0.327. The van der Waals surface area contributed by atoms with Crippen molar-refractivity contribution in [2.75, 3.05) is 37.3 Å². The Balaban J connectivity index is 1.64. The number of hydrogen-bond acceptors (Lipinski definition) is 3. The summed E-state index contributed by atoms with van der Waals surface area (Å²) in [5.74, 6) is 0.653. The zero-order valence-electron chi connectivity index (χ0n) is 16.5. The lowest BCUT2D eigenvalue weighted by atomic mass is 9.96. The molecule has 1 saturated heterocycles. The van der Waals surface area contributed by atoms with Crippen LogP contribution in [0.15, 0.2) is 48.5 Å². The number of aryl methyl sites for hydroxylation is 1. The van der Waals surface area contributed by atoms with E-state index in [4.69, 9.17) is 0 Å². The molecule has 0 atom stereocenters. The molecule has 3 amide bonds. The number of carbonyl (C=O) groups is 2. The fourth-order valence-corrected chi connectivity index (χ4v) is 3.51. The standard InChI is InChI=1S/C22H28N4O2/c1-16-8-9-18(21(27)26-12-10-17(11-13-26)15-23-2)14-20(16)25-22(28)24-19-6-4-3-5-7-19/h3-9,14,17,23H,10-13,15H2,1-2H3,(H2,24,25,28). The lowest BCUT2D eigenvalue weighted by molar-refractivity contribution is 0.0691. The average Bonchev–Trinajstić information content (AvgIpc) is 2.71. The van der Waals surface area contributed by atoms with Gasteiger partial charge in [-0.25, -0.2) is 4.79 Å². The molecule has 0 radical (unpaired) electrons. The van der Waals surface area contributed by atoms with Crippen LogP contribution in [-0.2, 0) is 0 Å². The molecule has 0 aromatic heterocycles. The highest BCUT2D eigenvalue weighted by Crippen LogP contribution is 2.22. The van der Waals surface area contributed by atoms with E-state index < -0.39 is 0 Å². The SMILES string of the molecule is CNCC1CCN(C(=O)c2ccc(C)c(NC(=O)Nc3ccccc3)c2)CC1. The molecule has 2 aromatic rings. The molecule has 0 unspecified atom stereocenters. The molecular formula is C22H28N4O2. The van der Waals surface area contributed by atoms with Crippen molar-refractivity contribution < 1.29 is 9.59 Å². The normalized spacial score (nSPS) is 14.6. The van der Waals surface area contributed by atoms with Crippen LogP contribution >= 0.6 is 0 Å². The largest absolute Gasteiger partial charge is 0.339 e. The van der Waals surface area contributed by atoms with Crippen molar-refractivity contribution in [2.45, 2.75) is 19.8 Å². The predicted octanol–water partition coefficient (Wildman–Crippen LogP) is 3.71. The number of urea groups is 1. The molecule has 1 aliphatic rings. The van der Waals surface area contributed by atoms with Crippen molar-refractivity contribution in [2.24, 2.45) is 5.92 Å². The molecular weight excluding hydrogens is 352 g/mol. The number of amides is 3. The summed E-state index contributed by atoms with van der Waals surface area (Å²) in [7, 11) is 1.96. The second kappa shape index (κ2) is 9.37. The minimum absolute atomic E-state index is 0.0226. The lowest BCUT2D eigenvalue weighted by Crippen LogP contribution is -2.40. The van der Waals surface area contributed by atoms with Crippen LogP contribution in [0.1, 0.15) is 28.8 Å². The summed E-state index contributed by atoms with van der Waals surface area (Å²) in [5, 5.41) is 8.86. The van der Waals surface area contributed by atoms with Crippen LogP contribution in [0.5, 0.6) is 0 Å². The number of anilines is 2. The number of carbonyl (C=O) groups excluding carboxylic acids is 2. The molecule has 3 N–H and O–H groups in total. The second-order valence-electron chi connectivity index (χ2n) is 7.27. The molecule has 1 heterocycles. The topological polar surface area (TPSA) is 73.5 Å². The first-order chi connectivity index (χ1) is 13.6. The van der Waals surface area contributed by atoms with Gasteiger partial charge in [0.2, 0.25) is 0 Å². The fraction of sp³-hybridized carbons (Fsp3) is 0.364. The van der Waals surface area contributed by atoms with E-state index in [0.717, 1.165) is 38.0 Å². The highest BCUT2D eigenvalue weighted by atomic mass is 16.2. The Morgan fingerprint density at radius 2 is 1.75 bits per heavy atom. The predicted molar refractivity (Wildman–Crippen MR) is 113 cm³/mol. The summed E-state index contributed by atoms with van der Waals surface area (Å²) in [5.41, 5.74) is 2.87. The maximum absolute atomic E-state index is 12.9. The smallest absolute Gasteiger partial charge is 0.323 e. The van der Waals surface area contributed by atoms with Gasteiger partial charge in [0.05, 0.1) is 0 Å². The van der Waals surface area contributed by atoms with E-state index in [9.17, 15) is 9.59 Å². The summed E-state index contributed by atoms with van der Waals surface area (Å²) in [6.07, 6.45) is 2.03. The number of piperidine rings is 1. The second-order valence-corrected chi connectivity index (χ2v) is 7.27. The molecule has 0 aliphatic carbocycles. The Hall–Kier alpha value is -2.86. The zero-order valence-corrected chi connectivity index (χ0v) is 16.5. The first-order valence-corrected chi connectivity index (χ1v) is 9.74. The summed E-state index contributed by atoms with van der Waals surface area (Å²) < 4.78 is 0. The Kier molecular flexibility index (Phi) is 6.66. The summed E-state index contributed by atoms with van der Waals surface area (Å²) in [4.78, 5) is 27.1.